The minimum absolute atomic E-state index is 0.0555. The van der Waals surface area contributed by atoms with Gasteiger partial charge in [-0.05, 0) is 25.0 Å². The lowest BCUT2D eigenvalue weighted by atomic mass is 9.96. The summed E-state index contributed by atoms with van der Waals surface area (Å²) in [4.78, 5) is 30.9. The summed E-state index contributed by atoms with van der Waals surface area (Å²) in [6.45, 7) is 2.78. The second-order valence-electron chi connectivity index (χ2n) is 6.75. The maximum absolute atomic E-state index is 12.6. The summed E-state index contributed by atoms with van der Waals surface area (Å²) in [5, 5.41) is 9.27. The van der Waals surface area contributed by atoms with Crippen LogP contribution in [0.4, 0.5) is 5.95 Å². The lowest BCUT2D eigenvalue weighted by Gasteiger charge is -2.30. The van der Waals surface area contributed by atoms with E-state index in [-0.39, 0.29) is 17.7 Å². The molecule has 0 spiro atoms. The van der Waals surface area contributed by atoms with Crippen LogP contribution in [0.5, 0.6) is 5.75 Å². The summed E-state index contributed by atoms with van der Waals surface area (Å²) in [5.41, 5.74) is 1.85. The molecule has 146 valence electrons. The predicted octanol–water partition coefficient (Wildman–Crippen LogP) is 2.66. The lowest BCUT2D eigenvalue weighted by Crippen LogP contribution is -2.40. The fourth-order valence-corrected chi connectivity index (χ4v) is 4.22. The number of amides is 2. The molecular formula is C19H21N5O3S. The second-order valence-corrected chi connectivity index (χ2v) is 7.59. The number of aromatic nitrogens is 3. The van der Waals surface area contributed by atoms with E-state index in [2.05, 4.69) is 15.4 Å². The number of piperidine rings is 1. The molecule has 1 aliphatic heterocycles. The first-order chi connectivity index (χ1) is 13.5. The van der Waals surface area contributed by atoms with E-state index in [0.717, 1.165) is 17.0 Å². The van der Waals surface area contributed by atoms with E-state index in [0.29, 0.717) is 36.8 Å². The number of fused-ring (bicyclic) bond motifs is 1. The third-order valence-corrected chi connectivity index (χ3v) is 5.81. The Morgan fingerprint density at radius 3 is 2.79 bits per heavy atom. The minimum Gasteiger partial charge on any atom is -0.497 e. The molecular weight excluding hydrogens is 378 g/mol. The van der Waals surface area contributed by atoms with Crippen LogP contribution in [0.1, 0.15) is 19.8 Å². The highest BCUT2D eigenvalue weighted by atomic mass is 32.1. The number of hydrogen-bond acceptors (Lipinski definition) is 6. The van der Waals surface area contributed by atoms with Gasteiger partial charge in [0.1, 0.15) is 5.75 Å². The molecule has 4 rings (SSSR count). The molecule has 9 heteroatoms. The van der Waals surface area contributed by atoms with E-state index >= 15 is 0 Å². The average molecular weight is 399 g/mol. The molecule has 8 nitrogen and oxygen atoms in total. The number of carbonyl (C=O) groups excluding carboxylic acids is 2. The zero-order valence-corrected chi connectivity index (χ0v) is 16.5. The number of methoxy groups -OCH3 is 1. The van der Waals surface area contributed by atoms with Gasteiger partial charge in [0.05, 0.1) is 12.8 Å². The minimum atomic E-state index is -0.130. The largest absolute Gasteiger partial charge is 0.497 e. The molecule has 1 aromatic carbocycles. The van der Waals surface area contributed by atoms with Crippen molar-refractivity contribution in [3.63, 3.8) is 0 Å². The smallest absolute Gasteiger partial charge is 0.250 e. The van der Waals surface area contributed by atoms with E-state index in [1.807, 2.05) is 29.6 Å². The number of nitrogens with zero attached hydrogens (tertiary/aromatic N) is 4. The topological polar surface area (TPSA) is 88.8 Å². The third kappa shape index (κ3) is 3.57. The van der Waals surface area contributed by atoms with E-state index < -0.39 is 0 Å². The van der Waals surface area contributed by atoms with Gasteiger partial charge in [-0.15, -0.1) is 16.4 Å². The number of ether oxygens (including phenoxy) is 1. The van der Waals surface area contributed by atoms with E-state index in [9.17, 15) is 9.59 Å². The number of nitrogens with one attached hydrogen (secondary N) is 1. The average Bonchev–Trinajstić information content (AvgIpc) is 3.28. The molecule has 28 heavy (non-hydrogen) atoms. The van der Waals surface area contributed by atoms with Gasteiger partial charge in [0, 0.05) is 36.9 Å². The Balaban J connectivity index is 1.49. The van der Waals surface area contributed by atoms with Crippen LogP contribution in [0, 0.1) is 5.92 Å². The van der Waals surface area contributed by atoms with Crippen molar-refractivity contribution in [2.24, 2.45) is 5.92 Å². The molecule has 0 saturated carbocycles. The molecule has 0 aliphatic carbocycles. The van der Waals surface area contributed by atoms with E-state index in [4.69, 9.17) is 4.74 Å². The zero-order valence-electron chi connectivity index (χ0n) is 15.7. The number of anilines is 1. The van der Waals surface area contributed by atoms with Crippen molar-refractivity contribution in [2.45, 2.75) is 19.8 Å². The normalized spacial score (nSPS) is 15.0. The first-order valence-corrected chi connectivity index (χ1v) is 9.98. The van der Waals surface area contributed by atoms with Crippen LogP contribution in [-0.4, -0.2) is 51.5 Å². The van der Waals surface area contributed by atoms with Gasteiger partial charge in [0.25, 0.3) is 0 Å². The van der Waals surface area contributed by atoms with Crippen molar-refractivity contribution in [3.05, 3.63) is 29.6 Å². The zero-order chi connectivity index (χ0) is 19.7. The fourth-order valence-electron chi connectivity index (χ4n) is 3.38. The summed E-state index contributed by atoms with van der Waals surface area (Å²) >= 11 is 1.46. The lowest BCUT2D eigenvalue weighted by molar-refractivity contribution is -0.132. The first kappa shape index (κ1) is 18.4. The van der Waals surface area contributed by atoms with Crippen molar-refractivity contribution in [1.29, 1.82) is 0 Å². The molecule has 3 aromatic rings. The summed E-state index contributed by atoms with van der Waals surface area (Å²) < 4.78 is 7.02. The van der Waals surface area contributed by atoms with Crippen molar-refractivity contribution >= 4 is 34.1 Å². The van der Waals surface area contributed by atoms with Crippen LogP contribution in [0.15, 0.2) is 29.6 Å². The highest BCUT2D eigenvalue weighted by Gasteiger charge is 2.27. The SMILES string of the molecule is COc1cccc(-c2csc3nc(NC(=O)C4CCN(C(C)=O)CC4)nn23)c1. The third-order valence-electron chi connectivity index (χ3n) is 4.99. The van der Waals surface area contributed by atoms with Gasteiger partial charge >= 0.3 is 0 Å². The van der Waals surface area contributed by atoms with Gasteiger partial charge in [-0.25, -0.2) is 4.52 Å². The van der Waals surface area contributed by atoms with E-state index in [1.165, 1.54) is 11.3 Å². The van der Waals surface area contributed by atoms with Gasteiger partial charge in [-0.1, -0.05) is 12.1 Å². The summed E-state index contributed by atoms with van der Waals surface area (Å²) in [7, 11) is 1.63. The Kier molecular flexibility index (Phi) is 4.99. The predicted molar refractivity (Wildman–Crippen MR) is 106 cm³/mol. The summed E-state index contributed by atoms with van der Waals surface area (Å²) in [6, 6.07) is 7.72. The van der Waals surface area contributed by atoms with Crippen molar-refractivity contribution < 1.29 is 14.3 Å². The van der Waals surface area contributed by atoms with Crippen LogP contribution >= 0.6 is 11.3 Å². The molecule has 2 aromatic heterocycles. The highest BCUT2D eigenvalue weighted by molar-refractivity contribution is 7.15. The molecule has 0 unspecified atom stereocenters. The molecule has 1 saturated heterocycles. The molecule has 0 atom stereocenters. The van der Waals surface area contributed by atoms with Crippen LogP contribution in [0.25, 0.3) is 16.2 Å². The molecule has 0 radical (unpaired) electrons. The maximum atomic E-state index is 12.6. The Hall–Kier alpha value is -2.94. The number of benzene rings is 1. The quantitative estimate of drug-likeness (QED) is 0.729. The number of rotatable bonds is 4. The monoisotopic (exact) mass is 399 g/mol. The standard InChI is InChI=1S/C19H21N5O3S/c1-12(25)23-8-6-13(7-9-23)17(26)20-18-21-19-24(22-18)16(11-28-19)14-4-3-5-15(10-14)27-2/h3-5,10-11,13H,6-9H2,1-2H3,(H,20,22,26). The fraction of sp³-hybridized carbons (Fsp3) is 0.368. The molecule has 1 aliphatic rings. The molecule has 2 amide bonds. The van der Waals surface area contributed by atoms with Gasteiger partial charge in [0.2, 0.25) is 22.7 Å². The van der Waals surface area contributed by atoms with Crippen molar-refractivity contribution in [3.8, 4) is 17.0 Å². The highest BCUT2D eigenvalue weighted by Crippen LogP contribution is 2.28. The summed E-state index contributed by atoms with van der Waals surface area (Å²) in [5.74, 6) is 0.900. The first-order valence-electron chi connectivity index (χ1n) is 9.10. The maximum Gasteiger partial charge on any atom is 0.250 e. The number of hydrogen-bond donors (Lipinski definition) is 1. The van der Waals surface area contributed by atoms with Gasteiger partial charge < -0.3 is 9.64 Å². The Morgan fingerprint density at radius 2 is 2.07 bits per heavy atom. The molecule has 3 heterocycles. The van der Waals surface area contributed by atoms with Gasteiger partial charge in [-0.3, -0.25) is 14.9 Å². The van der Waals surface area contributed by atoms with Crippen LogP contribution in [0.2, 0.25) is 0 Å². The number of likely N-dealkylation sites (tertiary alicyclic amines) is 1. The Morgan fingerprint density at radius 1 is 1.29 bits per heavy atom. The number of thiazole rings is 1. The van der Waals surface area contributed by atoms with Crippen molar-refractivity contribution in [2.75, 3.05) is 25.5 Å². The second kappa shape index (κ2) is 7.59. The molecule has 1 fully saturated rings. The molecule has 1 N–H and O–H groups in total. The van der Waals surface area contributed by atoms with Gasteiger partial charge in [-0.2, -0.15) is 4.98 Å². The van der Waals surface area contributed by atoms with Crippen LogP contribution in [-0.2, 0) is 9.59 Å². The number of carbonyl (C=O) groups is 2. The van der Waals surface area contributed by atoms with Crippen molar-refractivity contribution in [1.82, 2.24) is 19.5 Å². The van der Waals surface area contributed by atoms with Crippen LogP contribution in [0.3, 0.4) is 0 Å². The Bertz CT molecular complexity index is 1020. The van der Waals surface area contributed by atoms with Gasteiger partial charge in [0.15, 0.2) is 0 Å². The Labute approximate surface area is 166 Å². The van der Waals surface area contributed by atoms with E-state index in [1.54, 1.807) is 23.4 Å². The van der Waals surface area contributed by atoms with Crippen LogP contribution < -0.4 is 10.1 Å². The summed E-state index contributed by atoms with van der Waals surface area (Å²) in [6.07, 6.45) is 1.31. The molecule has 0 bridgehead atoms.